The number of benzene rings is 1. The third kappa shape index (κ3) is 3.17. The highest BCUT2D eigenvalue weighted by Gasteiger charge is 2.53. The lowest BCUT2D eigenvalue weighted by Crippen LogP contribution is -2.57. The van der Waals surface area contributed by atoms with Crippen LogP contribution in [0.1, 0.15) is 24.0 Å². The number of hydrogen-bond acceptors (Lipinski definition) is 5. The third-order valence-electron chi connectivity index (χ3n) is 3.96. The molecule has 1 aliphatic heterocycles. The molecular weight excluding hydrogens is 298 g/mol. The molecule has 1 aliphatic rings. The lowest BCUT2D eigenvalue weighted by molar-refractivity contribution is -0.151. The van der Waals surface area contributed by atoms with Crippen molar-refractivity contribution in [2.75, 3.05) is 6.54 Å². The van der Waals surface area contributed by atoms with Gasteiger partial charge in [-0.3, -0.25) is 15.1 Å². The number of nitrogens with one attached hydrogen (secondary N) is 1. The van der Waals surface area contributed by atoms with E-state index in [1.165, 1.54) is 0 Å². The van der Waals surface area contributed by atoms with Gasteiger partial charge < -0.3 is 22.3 Å². The second-order valence-electron chi connectivity index (χ2n) is 5.49. The number of fused-ring (bicyclic) bond motifs is 1. The van der Waals surface area contributed by atoms with E-state index in [4.69, 9.17) is 17.2 Å². The van der Waals surface area contributed by atoms with Gasteiger partial charge in [0.05, 0.1) is 6.04 Å². The average Bonchev–Trinajstić information content (AvgIpc) is 2.91. The fourth-order valence-corrected chi connectivity index (χ4v) is 2.81. The Hall–Kier alpha value is -2.45. The molecule has 1 aromatic carbocycles. The van der Waals surface area contributed by atoms with Crippen molar-refractivity contribution in [3.8, 4) is 0 Å². The van der Waals surface area contributed by atoms with Crippen molar-refractivity contribution in [2.45, 2.75) is 31.0 Å². The zero-order valence-electron chi connectivity index (χ0n) is 12.7. The first kappa shape index (κ1) is 16.9. The second kappa shape index (κ2) is 6.76. The molecule has 0 amide bonds. The number of ketones is 1. The maximum atomic E-state index is 12.7. The molecule has 2 atom stereocenters. The molecule has 8 N–H and O–H groups in total. The molecule has 124 valence electrons. The number of carbonyl (C=O) groups excluding carboxylic acids is 1. The molecule has 0 aliphatic carbocycles. The van der Waals surface area contributed by atoms with Gasteiger partial charge in [0, 0.05) is 13.1 Å². The van der Waals surface area contributed by atoms with Crippen LogP contribution in [0.15, 0.2) is 29.3 Å². The van der Waals surface area contributed by atoms with Gasteiger partial charge in [-0.2, -0.15) is 0 Å². The highest BCUT2D eigenvalue weighted by Crippen LogP contribution is 2.33. The maximum Gasteiger partial charge on any atom is 0.336 e. The van der Waals surface area contributed by atoms with Crippen molar-refractivity contribution in [2.24, 2.45) is 22.2 Å². The van der Waals surface area contributed by atoms with E-state index in [1.54, 1.807) is 24.3 Å². The highest BCUT2D eigenvalue weighted by molar-refractivity contribution is 6.11. The van der Waals surface area contributed by atoms with Crippen molar-refractivity contribution < 1.29 is 14.7 Å². The van der Waals surface area contributed by atoms with Crippen LogP contribution in [0.3, 0.4) is 0 Å². The summed E-state index contributed by atoms with van der Waals surface area (Å²) in [5.41, 5.74) is 15.8. The lowest BCUT2D eigenvalue weighted by atomic mass is 9.82. The van der Waals surface area contributed by atoms with Crippen molar-refractivity contribution in [1.82, 2.24) is 5.32 Å². The third-order valence-corrected chi connectivity index (χ3v) is 3.96. The lowest BCUT2D eigenvalue weighted by Gasteiger charge is -2.27. The molecule has 23 heavy (non-hydrogen) atoms. The Kier molecular flexibility index (Phi) is 4.97. The van der Waals surface area contributed by atoms with Crippen LogP contribution >= 0.6 is 0 Å². The molecular formula is C15H21N5O3. The standard InChI is InChI=1S/C15H21N5O3/c16-11(6-3-7-19-14(17)18)12(21)15(13(22)23)10-5-2-1-4-9(10)8-20-15/h1-2,4-5,11,20H,3,6-8,16H2,(H,22,23)(H4,17,18,19). The maximum absolute atomic E-state index is 12.7. The topological polar surface area (TPSA) is 157 Å². The molecule has 8 nitrogen and oxygen atoms in total. The second-order valence-corrected chi connectivity index (χ2v) is 5.49. The van der Waals surface area contributed by atoms with E-state index >= 15 is 0 Å². The van der Waals surface area contributed by atoms with E-state index in [1.807, 2.05) is 0 Å². The molecule has 0 saturated carbocycles. The van der Waals surface area contributed by atoms with Crippen LogP contribution in [-0.4, -0.2) is 35.4 Å². The molecule has 1 aromatic rings. The summed E-state index contributed by atoms with van der Waals surface area (Å²) < 4.78 is 0. The summed E-state index contributed by atoms with van der Waals surface area (Å²) >= 11 is 0. The van der Waals surface area contributed by atoms with E-state index < -0.39 is 23.3 Å². The van der Waals surface area contributed by atoms with Gasteiger partial charge in [0.2, 0.25) is 5.54 Å². The monoisotopic (exact) mass is 319 g/mol. The normalized spacial score (nSPS) is 20.6. The number of Topliss-reactive ketones (excluding diaryl/α,β-unsaturated/α-hetero) is 1. The molecule has 0 fully saturated rings. The highest BCUT2D eigenvalue weighted by atomic mass is 16.4. The van der Waals surface area contributed by atoms with Crippen LogP contribution in [0.5, 0.6) is 0 Å². The molecule has 2 rings (SSSR count). The molecule has 0 bridgehead atoms. The van der Waals surface area contributed by atoms with Crippen LogP contribution in [-0.2, 0) is 21.7 Å². The summed E-state index contributed by atoms with van der Waals surface area (Å²) in [7, 11) is 0. The summed E-state index contributed by atoms with van der Waals surface area (Å²) in [6.07, 6.45) is 0.788. The molecule has 2 unspecified atom stereocenters. The van der Waals surface area contributed by atoms with E-state index in [2.05, 4.69) is 10.3 Å². The van der Waals surface area contributed by atoms with Crippen molar-refractivity contribution in [3.63, 3.8) is 0 Å². The van der Waals surface area contributed by atoms with Gasteiger partial charge in [0.1, 0.15) is 0 Å². The number of carboxylic acids is 1. The van der Waals surface area contributed by atoms with Gasteiger partial charge in [-0.15, -0.1) is 0 Å². The average molecular weight is 319 g/mol. The SMILES string of the molecule is NC(N)=NCCCC(N)C(=O)C1(C(=O)O)NCc2ccccc21. The Labute approximate surface area is 133 Å². The van der Waals surface area contributed by atoms with Crippen LogP contribution in [0.25, 0.3) is 0 Å². The zero-order valence-corrected chi connectivity index (χ0v) is 12.7. The Morgan fingerprint density at radius 1 is 1.35 bits per heavy atom. The van der Waals surface area contributed by atoms with E-state index in [0.29, 0.717) is 31.5 Å². The summed E-state index contributed by atoms with van der Waals surface area (Å²) in [4.78, 5) is 28.4. The number of aliphatic imine (C=N–C) groups is 1. The zero-order chi connectivity index (χ0) is 17.0. The molecule has 0 spiro atoms. The number of nitrogens with zero attached hydrogens (tertiary/aromatic N) is 1. The van der Waals surface area contributed by atoms with Crippen molar-refractivity contribution >= 4 is 17.7 Å². The molecule has 8 heteroatoms. The first-order chi connectivity index (χ1) is 10.9. The van der Waals surface area contributed by atoms with Crippen molar-refractivity contribution in [3.05, 3.63) is 35.4 Å². The van der Waals surface area contributed by atoms with Gasteiger partial charge >= 0.3 is 5.97 Å². The fraction of sp³-hybridized carbons (Fsp3) is 0.400. The number of guanidine groups is 1. The van der Waals surface area contributed by atoms with Crippen LogP contribution < -0.4 is 22.5 Å². The van der Waals surface area contributed by atoms with E-state index in [9.17, 15) is 14.7 Å². The first-order valence-corrected chi connectivity index (χ1v) is 7.31. The van der Waals surface area contributed by atoms with Gasteiger partial charge in [0.25, 0.3) is 0 Å². The largest absolute Gasteiger partial charge is 0.479 e. The smallest absolute Gasteiger partial charge is 0.336 e. The summed E-state index contributed by atoms with van der Waals surface area (Å²) in [6, 6.07) is 6.04. The van der Waals surface area contributed by atoms with Gasteiger partial charge in [-0.05, 0) is 24.0 Å². The molecule has 0 saturated heterocycles. The Balaban J connectivity index is 2.18. The minimum Gasteiger partial charge on any atom is -0.479 e. The predicted molar refractivity (Wildman–Crippen MR) is 85.5 cm³/mol. The number of hydrogen-bond donors (Lipinski definition) is 5. The number of carbonyl (C=O) groups is 2. The Morgan fingerprint density at radius 3 is 2.70 bits per heavy atom. The molecule has 0 radical (unpaired) electrons. The van der Waals surface area contributed by atoms with Gasteiger partial charge in [-0.25, -0.2) is 4.79 Å². The minimum absolute atomic E-state index is 0.0294. The van der Waals surface area contributed by atoms with E-state index in [0.717, 1.165) is 5.56 Å². The summed E-state index contributed by atoms with van der Waals surface area (Å²) in [6.45, 7) is 0.655. The summed E-state index contributed by atoms with van der Waals surface area (Å²) in [5, 5.41) is 12.5. The Bertz CT molecular complexity index is 642. The van der Waals surface area contributed by atoms with Gasteiger partial charge in [0.15, 0.2) is 11.7 Å². The minimum atomic E-state index is -1.79. The molecule has 0 aromatic heterocycles. The first-order valence-electron chi connectivity index (χ1n) is 7.31. The molecule has 1 heterocycles. The van der Waals surface area contributed by atoms with Crippen LogP contribution in [0.2, 0.25) is 0 Å². The predicted octanol–water partition coefficient (Wildman–Crippen LogP) is -0.980. The quantitative estimate of drug-likeness (QED) is 0.187. The van der Waals surface area contributed by atoms with Gasteiger partial charge in [-0.1, -0.05) is 24.3 Å². The van der Waals surface area contributed by atoms with Crippen LogP contribution in [0.4, 0.5) is 0 Å². The summed E-state index contributed by atoms with van der Waals surface area (Å²) in [5.74, 6) is -1.83. The van der Waals surface area contributed by atoms with Crippen molar-refractivity contribution in [1.29, 1.82) is 0 Å². The van der Waals surface area contributed by atoms with Crippen LogP contribution in [0, 0.1) is 0 Å². The number of carboxylic acid groups (broad SMARTS) is 1. The number of aliphatic carboxylic acids is 1. The Morgan fingerprint density at radius 2 is 2.04 bits per heavy atom. The number of nitrogens with two attached hydrogens (primary N) is 3. The fourth-order valence-electron chi connectivity index (χ4n) is 2.81. The van der Waals surface area contributed by atoms with E-state index in [-0.39, 0.29) is 5.96 Å². The number of rotatable bonds is 7.